The van der Waals surface area contributed by atoms with Crippen LogP contribution in [-0.4, -0.2) is 37.6 Å². The molecule has 2 aromatic carbocycles. The molecular formula is C28H34FN3O4. The zero-order valence-electron chi connectivity index (χ0n) is 21.4. The minimum Gasteiger partial charge on any atom is -0.497 e. The van der Waals surface area contributed by atoms with Gasteiger partial charge in [0.05, 0.1) is 7.11 Å². The van der Waals surface area contributed by atoms with Crippen molar-refractivity contribution >= 4 is 17.5 Å². The molecule has 0 aliphatic carbocycles. The largest absolute Gasteiger partial charge is 0.497 e. The number of amides is 2. The SMILES string of the molecule is COc1ccc(NC[C@H](C)NC(=O)[C@H](CC(C)(C)C)NC(=O)c2ccc(-c3cccc(F)c3)o2)cc1. The summed E-state index contributed by atoms with van der Waals surface area (Å²) in [6.45, 7) is 8.40. The number of furan rings is 1. The lowest BCUT2D eigenvalue weighted by molar-refractivity contribution is -0.124. The maximum Gasteiger partial charge on any atom is 0.287 e. The summed E-state index contributed by atoms with van der Waals surface area (Å²) in [5, 5.41) is 9.06. The van der Waals surface area contributed by atoms with Gasteiger partial charge < -0.3 is 25.1 Å². The summed E-state index contributed by atoms with van der Waals surface area (Å²) in [6.07, 6.45) is 0.431. The van der Waals surface area contributed by atoms with E-state index in [1.54, 1.807) is 25.3 Å². The Morgan fingerprint density at radius 3 is 2.39 bits per heavy atom. The maximum absolute atomic E-state index is 13.5. The van der Waals surface area contributed by atoms with E-state index in [0.717, 1.165) is 11.4 Å². The number of anilines is 1. The molecule has 36 heavy (non-hydrogen) atoms. The molecule has 1 heterocycles. The van der Waals surface area contributed by atoms with E-state index in [-0.39, 0.29) is 23.1 Å². The molecule has 0 spiro atoms. The van der Waals surface area contributed by atoms with Crippen LogP contribution in [0.1, 0.15) is 44.7 Å². The van der Waals surface area contributed by atoms with E-state index in [9.17, 15) is 14.0 Å². The summed E-state index contributed by atoms with van der Waals surface area (Å²) >= 11 is 0. The van der Waals surface area contributed by atoms with Gasteiger partial charge in [-0.25, -0.2) is 4.39 Å². The molecule has 1 aromatic heterocycles. The van der Waals surface area contributed by atoms with E-state index >= 15 is 0 Å². The fourth-order valence-corrected chi connectivity index (χ4v) is 3.68. The third-order valence-electron chi connectivity index (χ3n) is 5.47. The zero-order valence-corrected chi connectivity index (χ0v) is 21.4. The van der Waals surface area contributed by atoms with Crippen molar-refractivity contribution in [1.82, 2.24) is 10.6 Å². The molecule has 192 valence electrons. The van der Waals surface area contributed by atoms with Crippen molar-refractivity contribution in [3.05, 3.63) is 72.2 Å². The van der Waals surface area contributed by atoms with Gasteiger partial charge in [0.1, 0.15) is 23.4 Å². The lowest BCUT2D eigenvalue weighted by Gasteiger charge is -2.27. The number of methoxy groups -OCH3 is 1. The van der Waals surface area contributed by atoms with Gasteiger partial charge in [0, 0.05) is 23.8 Å². The van der Waals surface area contributed by atoms with Gasteiger partial charge in [-0.1, -0.05) is 32.9 Å². The quantitative estimate of drug-likeness (QED) is 0.358. The lowest BCUT2D eigenvalue weighted by Crippen LogP contribution is -2.51. The fourth-order valence-electron chi connectivity index (χ4n) is 3.68. The molecule has 8 heteroatoms. The highest BCUT2D eigenvalue weighted by Gasteiger charge is 2.28. The third kappa shape index (κ3) is 7.86. The van der Waals surface area contributed by atoms with E-state index in [4.69, 9.17) is 9.15 Å². The minimum absolute atomic E-state index is 0.0511. The number of halogens is 1. The predicted octanol–water partition coefficient (Wildman–Crippen LogP) is 5.25. The molecule has 0 aliphatic heterocycles. The highest BCUT2D eigenvalue weighted by atomic mass is 19.1. The van der Waals surface area contributed by atoms with Crippen LogP contribution >= 0.6 is 0 Å². The second-order valence-corrected chi connectivity index (χ2v) is 9.98. The van der Waals surface area contributed by atoms with Crippen LogP contribution in [0.5, 0.6) is 5.75 Å². The molecule has 0 saturated heterocycles. The van der Waals surface area contributed by atoms with Crippen LogP contribution in [0.25, 0.3) is 11.3 Å². The number of carbonyl (C=O) groups excluding carboxylic acids is 2. The molecule has 2 atom stereocenters. The van der Waals surface area contributed by atoms with Crippen molar-refractivity contribution in [3.63, 3.8) is 0 Å². The first kappa shape index (κ1) is 26.8. The van der Waals surface area contributed by atoms with Gasteiger partial charge in [0.2, 0.25) is 5.91 Å². The number of ether oxygens (including phenoxy) is 1. The number of hydrogen-bond donors (Lipinski definition) is 3. The average Bonchev–Trinajstić information content (AvgIpc) is 3.32. The highest BCUT2D eigenvalue weighted by Crippen LogP contribution is 2.24. The van der Waals surface area contributed by atoms with Crippen LogP contribution in [0, 0.1) is 11.2 Å². The molecule has 3 rings (SSSR count). The van der Waals surface area contributed by atoms with Crippen molar-refractivity contribution in [2.24, 2.45) is 5.41 Å². The first-order chi connectivity index (χ1) is 17.0. The van der Waals surface area contributed by atoms with Crippen molar-refractivity contribution in [3.8, 4) is 17.1 Å². The summed E-state index contributed by atoms with van der Waals surface area (Å²) in [7, 11) is 1.61. The molecule has 3 aromatic rings. The van der Waals surface area contributed by atoms with Gasteiger partial charge >= 0.3 is 0 Å². The second-order valence-electron chi connectivity index (χ2n) is 9.98. The minimum atomic E-state index is -0.761. The predicted molar refractivity (Wildman–Crippen MR) is 139 cm³/mol. The summed E-state index contributed by atoms with van der Waals surface area (Å²) in [5.41, 5.74) is 1.22. The van der Waals surface area contributed by atoms with Crippen molar-refractivity contribution < 1.29 is 23.1 Å². The van der Waals surface area contributed by atoms with Crippen molar-refractivity contribution in [2.75, 3.05) is 19.0 Å². The van der Waals surface area contributed by atoms with Gasteiger partial charge in [-0.05, 0) is 67.3 Å². The normalized spacial score (nSPS) is 12.9. The molecule has 2 amide bonds. The van der Waals surface area contributed by atoms with Crippen LogP contribution in [-0.2, 0) is 4.79 Å². The Labute approximate surface area is 211 Å². The maximum atomic E-state index is 13.5. The van der Waals surface area contributed by atoms with Gasteiger partial charge in [0.25, 0.3) is 5.91 Å². The van der Waals surface area contributed by atoms with E-state index in [0.29, 0.717) is 24.3 Å². The van der Waals surface area contributed by atoms with Crippen molar-refractivity contribution in [2.45, 2.75) is 46.2 Å². The summed E-state index contributed by atoms with van der Waals surface area (Å²) in [5.74, 6) is 0.00450. The topological polar surface area (TPSA) is 92.6 Å². The Morgan fingerprint density at radius 1 is 1.03 bits per heavy atom. The van der Waals surface area contributed by atoms with Gasteiger partial charge in [-0.3, -0.25) is 9.59 Å². The van der Waals surface area contributed by atoms with Crippen LogP contribution in [0.3, 0.4) is 0 Å². The molecule has 0 bridgehead atoms. The first-order valence-corrected chi connectivity index (χ1v) is 11.9. The molecule has 7 nitrogen and oxygen atoms in total. The standard InChI is InChI=1S/C28H34FN3O4/c1-18(17-30-21-9-11-22(35-5)12-10-21)31-26(33)23(16-28(2,3)4)32-27(34)25-14-13-24(36-25)19-7-6-8-20(29)15-19/h6-15,18,23,30H,16-17H2,1-5H3,(H,31,33)(H,32,34)/t18-,23-/m0/s1. The molecular weight excluding hydrogens is 461 g/mol. The van der Waals surface area contributed by atoms with E-state index in [1.807, 2.05) is 52.0 Å². The summed E-state index contributed by atoms with van der Waals surface area (Å²) < 4.78 is 24.4. The number of nitrogens with one attached hydrogen (secondary N) is 3. The van der Waals surface area contributed by atoms with Crippen LogP contribution < -0.4 is 20.7 Å². The lowest BCUT2D eigenvalue weighted by atomic mass is 9.87. The molecule has 0 aliphatic rings. The Bertz CT molecular complexity index is 1170. The number of benzene rings is 2. The molecule has 3 N–H and O–H groups in total. The van der Waals surface area contributed by atoms with E-state index in [2.05, 4.69) is 16.0 Å². The first-order valence-electron chi connectivity index (χ1n) is 11.9. The van der Waals surface area contributed by atoms with Crippen LogP contribution in [0.4, 0.5) is 10.1 Å². The smallest absolute Gasteiger partial charge is 0.287 e. The van der Waals surface area contributed by atoms with Gasteiger partial charge in [-0.2, -0.15) is 0 Å². The molecule has 0 unspecified atom stereocenters. The van der Waals surface area contributed by atoms with E-state index in [1.165, 1.54) is 18.2 Å². The summed E-state index contributed by atoms with van der Waals surface area (Å²) in [4.78, 5) is 26.0. The van der Waals surface area contributed by atoms with E-state index < -0.39 is 17.8 Å². The molecule has 0 saturated carbocycles. The molecule has 0 fully saturated rings. The Hall–Kier alpha value is -3.81. The van der Waals surface area contributed by atoms with Gasteiger partial charge in [-0.15, -0.1) is 0 Å². The third-order valence-corrected chi connectivity index (χ3v) is 5.47. The Morgan fingerprint density at radius 2 is 1.75 bits per heavy atom. The van der Waals surface area contributed by atoms with Crippen LogP contribution in [0.15, 0.2) is 65.1 Å². The molecule has 0 radical (unpaired) electrons. The fraction of sp³-hybridized carbons (Fsp3) is 0.357. The average molecular weight is 496 g/mol. The van der Waals surface area contributed by atoms with Crippen molar-refractivity contribution in [1.29, 1.82) is 0 Å². The summed E-state index contributed by atoms with van der Waals surface area (Å²) in [6, 6.07) is 15.6. The second kappa shape index (κ2) is 11.7. The highest BCUT2D eigenvalue weighted by molar-refractivity contribution is 5.96. The number of rotatable bonds is 10. The number of carbonyl (C=O) groups is 2. The zero-order chi connectivity index (χ0) is 26.3. The monoisotopic (exact) mass is 495 g/mol. The Balaban J connectivity index is 1.62. The van der Waals surface area contributed by atoms with Gasteiger partial charge in [0.15, 0.2) is 5.76 Å². The Kier molecular flexibility index (Phi) is 8.74. The van der Waals surface area contributed by atoms with Crippen LogP contribution in [0.2, 0.25) is 0 Å². The number of hydrogen-bond acceptors (Lipinski definition) is 5.